The van der Waals surface area contributed by atoms with Crippen molar-refractivity contribution in [3.05, 3.63) is 21.6 Å². The van der Waals surface area contributed by atoms with E-state index in [-0.39, 0.29) is 11.0 Å². The molecule has 68 valence electrons. The Morgan fingerprint density at radius 1 is 1.67 bits per heavy atom. The predicted molar refractivity (Wildman–Crippen MR) is 51.1 cm³/mol. The SMILES string of the molecule is CCC(CN)c1cc(C)sc1F. The van der Waals surface area contributed by atoms with Crippen LogP contribution >= 0.6 is 11.3 Å². The lowest BCUT2D eigenvalue weighted by Gasteiger charge is -2.09. The Kier molecular flexibility index (Phi) is 3.23. The summed E-state index contributed by atoms with van der Waals surface area (Å²) < 4.78 is 13.2. The summed E-state index contributed by atoms with van der Waals surface area (Å²) in [6.45, 7) is 4.48. The molecule has 1 aromatic heterocycles. The molecule has 0 saturated heterocycles. The number of rotatable bonds is 3. The molecule has 1 unspecified atom stereocenters. The fraction of sp³-hybridized carbons (Fsp3) is 0.556. The maximum absolute atomic E-state index is 13.2. The molecule has 1 aromatic rings. The predicted octanol–water partition coefficient (Wildman–Crippen LogP) is 2.65. The zero-order valence-electron chi connectivity index (χ0n) is 7.43. The van der Waals surface area contributed by atoms with Crippen LogP contribution < -0.4 is 5.73 Å². The molecule has 2 N–H and O–H groups in total. The Morgan fingerprint density at radius 2 is 2.33 bits per heavy atom. The molecule has 0 fully saturated rings. The molecule has 0 radical (unpaired) electrons. The second-order valence-electron chi connectivity index (χ2n) is 2.93. The molecule has 1 heterocycles. The fourth-order valence-electron chi connectivity index (χ4n) is 1.30. The molecule has 12 heavy (non-hydrogen) atoms. The maximum Gasteiger partial charge on any atom is 0.180 e. The fourth-order valence-corrected chi connectivity index (χ4v) is 2.11. The first-order valence-electron chi connectivity index (χ1n) is 4.15. The highest BCUT2D eigenvalue weighted by atomic mass is 32.1. The Balaban J connectivity index is 2.91. The van der Waals surface area contributed by atoms with Crippen LogP contribution in [0.1, 0.15) is 29.7 Å². The molecule has 1 atom stereocenters. The second-order valence-corrected chi connectivity index (χ2v) is 4.13. The van der Waals surface area contributed by atoms with Crippen LogP contribution in [0.4, 0.5) is 4.39 Å². The quantitative estimate of drug-likeness (QED) is 0.773. The van der Waals surface area contributed by atoms with Gasteiger partial charge in [0.05, 0.1) is 0 Å². The van der Waals surface area contributed by atoms with Crippen LogP contribution in [-0.4, -0.2) is 6.54 Å². The topological polar surface area (TPSA) is 26.0 Å². The minimum Gasteiger partial charge on any atom is -0.330 e. The van der Waals surface area contributed by atoms with Gasteiger partial charge in [0.2, 0.25) is 0 Å². The third kappa shape index (κ3) is 1.84. The lowest BCUT2D eigenvalue weighted by atomic mass is 9.99. The van der Waals surface area contributed by atoms with Crippen molar-refractivity contribution in [2.45, 2.75) is 26.2 Å². The van der Waals surface area contributed by atoms with Gasteiger partial charge in [-0.3, -0.25) is 0 Å². The number of hydrogen-bond donors (Lipinski definition) is 1. The molecule has 0 spiro atoms. The van der Waals surface area contributed by atoms with Crippen LogP contribution in [0.3, 0.4) is 0 Å². The molecule has 0 amide bonds. The van der Waals surface area contributed by atoms with E-state index in [0.29, 0.717) is 6.54 Å². The summed E-state index contributed by atoms with van der Waals surface area (Å²) in [5.74, 6) is 0.190. The van der Waals surface area contributed by atoms with Gasteiger partial charge in [-0.15, -0.1) is 11.3 Å². The van der Waals surface area contributed by atoms with Gasteiger partial charge in [-0.05, 0) is 31.9 Å². The average molecular weight is 187 g/mol. The van der Waals surface area contributed by atoms with Crippen LogP contribution in [0, 0.1) is 12.1 Å². The van der Waals surface area contributed by atoms with Gasteiger partial charge in [0.15, 0.2) is 5.13 Å². The summed E-state index contributed by atoms with van der Waals surface area (Å²) in [5.41, 5.74) is 6.33. The third-order valence-corrected chi connectivity index (χ3v) is 2.91. The Morgan fingerprint density at radius 3 is 2.67 bits per heavy atom. The molecule has 1 rings (SSSR count). The molecule has 0 bridgehead atoms. The number of thiophene rings is 1. The van der Waals surface area contributed by atoms with E-state index in [0.717, 1.165) is 16.9 Å². The van der Waals surface area contributed by atoms with E-state index in [1.807, 2.05) is 19.9 Å². The molecule has 0 saturated carbocycles. The third-order valence-electron chi connectivity index (χ3n) is 2.05. The van der Waals surface area contributed by atoms with E-state index in [9.17, 15) is 4.39 Å². The summed E-state index contributed by atoms with van der Waals surface area (Å²) in [6, 6.07) is 1.90. The average Bonchev–Trinajstić information content (AvgIpc) is 2.34. The van der Waals surface area contributed by atoms with E-state index in [4.69, 9.17) is 5.73 Å². The van der Waals surface area contributed by atoms with Gasteiger partial charge in [0.1, 0.15) is 0 Å². The molecular weight excluding hydrogens is 173 g/mol. The van der Waals surface area contributed by atoms with E-state index in [1.54, 1.807) is 0 Å². The largest absolute Gasteiger partial charge is 0.330 e. The summed E-state index contributed by atoms with van der Waals surface area (Å²) in [4.78, 5) is 1.02. The molecule has 0 aliphatic rings. The number of hydrogen-bond acceptors (Lipinski definition) is 2. The smallest absolute Gasteiger partial charge is 0.180 e. The van der Waals surface area contributed by atoms with Gasteiger partial charge in [-0.2, -0.15) is 4.39 Å². The maximum atomic E-state index is 13.2. The van der Waals surface area contributed by atoms with Crippen molar-refractivity contribution in [3.8, 4) is 0 Å². The Hall–Kier alpha value is -0.410. The van der Waals surface area contributed by atoms with Gasteiger partial charge in [0, 0.05) is 10.4 Å². The second kappa shape index (κ2) is 4.01. The first-order chi connectivity index (χ1) is 5.69. The summed E-state index contributed by atoms with van der Waals surface area (Å²) in [6.07, 6.45) is 0.906. The monoisotopic (exact) mass is 187 g/mol. The van der Waals surface area contributed by atoms with Crippen molar-refractivity contribution in [3.63, 3.8) is 0 Å². The first kappa shape index (κ1) is 9.68. The van der Waals surface area contributed by atoms with Gasteiger partial charge < -0.3 is 5.73 Å². The normalized spacial score (nSPS) is 13.3. The van der Waals surface area contributed by atoms with Crippen LogP contribution in [0.5, 0.6) is 0 Å². The van der Waals surface area contributed by atoms with E-state index in [2.05, 4.69) is 0 Å². The Bertz CT molecular complexity index is 253. The number of nitrogens with two attached hydrogens (primary N) is 1. The van der Waals surface area contributed by atoms with Crippen molar-refractivity contribution < 1.29 is 4.39 Å². The molecule has 3 heteroatoms. The van der Waals surface area contributed by atoms with Gasteiger partial charge in [0.25, 0.3) is 0 Å². The lowest BCUT2D eigenvalue weighted by Crippen LogP contribution is -2.11. The minimum atomic E-state index is -0.0650. The van der Waals surface area contributed by atoms with Crippen LogP contribution in [0.15, 0.2) is 6.07 Å². The first-order valence-corrected chi connectivity index (χ1v) is 4.96. The highest BCUT2D eigenvalue weighted by molar-refractivity contribution is 7.10. The standard InChI is InChI=1S/C9H14FNS/c1-3-7(5-11)8-4-6(2)12-9(8)10/h4,7H,3,5,11H2,1-2H3. The van der Waals surface area contributed by atoms with Crippen molar-refractivity contribution in [1.82, 2.24) is 0 Å². The molecule has 0 aromatic carbocycles. The van der Waals surface area contributed by atoms with Gasteiger partial charge >= 0.3 is 0 Å². The van der Waals surface area contributed by atoms with Crippen molar-refractivity contribution in [1.29, 1.82) is 0 Å². The zero-order valence-corrected chi connectivity index (χ0v) is 8.25. The van der Waals surface area contributed by atoms with E-state index in [1.165, 1.54) is 11.3 Å². The van der Waals surface area contributed by atoms with Gasteiger partial charge in [-0.1, -0.05) is 6.92 Å². The minimum absolute atomic E-state index is 0.0650. The summed E-state index contributed by atoms with van der Waals surface area (Å²) >= 11 is 1.21. The zero-order chi connectivity index (χ0) is 9.14. The van der Waals surface area contributed by atoms with Crippen molar-refractivity contribution in [2.75, 3.05) is 6.54 Å². The van der Waals surface area contributed by atoms with Crippen LogP contribution in [0.25, 0.3) is 0 Å². The molecule has 0 aliphatic heterocycles. The molecule has 1 nitrogen and oxygen atoms in total. The van der Waals surface area contributed by atoms with Crippen LogP contribution in [0.2, 0.25) is 0 Å². The number of halogens is 1. The van der Waals surface area contributed by atoms with Gasteiger partial charge in [-0.25, -0.2) is 0 Å². The number of aryl methyl sites for hydroxylation is 1. The molecule has 0 aliphatic carbocycles. The molecular formula is C9H14FNS. The van der Waals surface area contributed by atoms with E-state index >= 15 is 0 Å². The van der Waals surface area contributed by atoms with Crippen molar-refractivity contribution >= 4 is 11.3 Å². The lowest BCUT2D eigenvalue weighted by molar-refractivity contribution is 0.593. The highest BCUT2D eigenvalue weighted by Crippen LogP contribution is 2.27. The highest BCUT2D eigenvalue weighted by Gasteiger charge is 2.14. The van der Waals surface area contributed by atoms with E-state index < -0.39 is 0 Å². The summed E-state index contributed by atoms with van der Waals surface area (Å²) in [5, 5.41) is -0.0650. The summed E-state index contributed by atoms with van der Waals surface area (Å²) in [7, 11) is 0. The van der Waals surface area contributed by atoms with Crippen molar-refractivity contribution in [2.24, 2.45) is 5.73 Å². The van der Waals surface area contributed by atoms with Crippen LogP contribution in [-0.2, 0) is 0 Å². The Labute approximate surface area is 76.4 Å².